The summed E-state index contributed by atoms with van der Waals surface area (Å²) in [4.78, 5) is 49.1. The Morgan fingerprint density at radius 3 is 2.59 bits per heavy atom. The zero-order chi connectivity index (χ0) is 25.8. The number of hydrogen-bond acceptors (Lipinski definition) is 6. The number of benzene rings is 2. The lowest BCUT2D eigenvalue weighted by atomic mass is 9.95. The molecule has 0 bridgehead atoms. The molecule has 2 aliphatic heterocycles. The molecule has 3 aliphatic rings. The van der Waals surface area contributed by atoms with Crippen LogP contribution in [0.5, 0.6) is 0 Å². The van der Waals surface area contributed by atoms with E-state index in [-0.39, 0.29) is 35.7 Å². The van der Waals surface area contributed by atoms with Crippen LogP contribution in [-0.4, -0.2) is 51.5 Å². The average Bonchev–Trinajstić information content (AvgIpc) is 3.24. The van der Waals surface area contributed by atoms with Gasteiger partial charge < -0.3 is 10.6 Å². The maximum atomic E-state index is 13.9. The molecule has 2 heterocycles. The molecule has 3 amide bonds. The van der Waals surface area contributed by atoms with Crippen molar-refractivity contribution in [2.45, 2.75) is 57.0 Å². The molecule has 2 aromatic carbocycles. The van der Waals surface area contributed by atoms with Gasteiger partial charge in [0.25, 0.3) is 5.91 Å². The summed E-state index contributed by atoms with van der Waals surface area (Å²) in [6.45, 7) is 0. The minimum atomic E-state index is -0.698. The molecule has 5 rings (SSSR count). The number of carbonyl (C=O) groups is 3. The van der Waals surface area contributed by atoms with Crippen LogP contribution >= 0.6 is 11.8 Å². The number of carbonyl (C=O) groups excluding carboxylic acids is 3. The zero-order valence-electron chi connectivity index (χ0n) is 20.3. The van der Waals surface area contributed by atoms with E-state index in [0.29, 0.717) is 23.1 Å². The molecule has 1 aliphatic carbocycles. The number of halogens is 1. The van der Waals surface area contributed by atoms with E-state index in [9.17, 15) is 18.8 Å². The molecule has 1 fully saturated rings. The van der Waals surface area contributed by atoms with Crippen LogP contribution in [0.25, 0.3) is 0 Å². The smallest absolute Gasteiger partial charge is 0.259 e. The van der Waals surface area contributed by atoms with Crippen molar-refractivity contribution in [3.63, 3.8) is 0 Å². The van der Waals surface area contributed by atoms with Crippen LogP contribution in [0.2, 0.25) is 0 Å². The SMILES string of the molecule is O=C(CSC1=Nc2ccccc2C2=N[C@@H](CCC(=O)NC3CCCCC3)C(=O)N12)Nc1ccccc1F. The van der Waals surface area contributed by atoms with Crippen molar-refractivity contribution in [3.05, 3.63) is 59.9 Å². The second-order valence-electron chi connectivity index (χ2n) is 9.31. The number of amides is 3. The van der Waals surface area contributed by atoms with Crippen molar-refractivity contribution in [1.82, 2.24) is 10.2 Å². The Morgan fingerprint density at radius 2 is 1.78 bits per heavy atom. The summed E-state index contributed by atoms with van der Waals surface area (Å²) in [7, 11) is 0. The first-order chi connectivity index (χ1) is 18.0. The fourth-order valence-corrected chi connectivity index (χ4v) is 5.58. The standard InChI is InChI=1S/C27H28FN5O3S/c28-19-11-5-7-13-21(19)30-24(35)16-37-27-32-20-12-6-4-10-18(20)25-31-22(26(36)33(25)27)14-15-23(34)29-17-8-2-1-3-9-17/h4-7,10-13,17,22H,1-3,8-9,14-16H2,(H,29,34)(H,30,35)/t22-/m0/s1. The summed E-state index contributed by atoms with van der Waals surface area (Å²) in [6, 6.07) is 12.8. The van der Waals surface area contributed by atoms with Crippen molar-refractivity contribution < 1.29 is 18.8 Å². The Hall–Kier alpha value is -3.53. The van der Waals surface area contributed by atoms with Crippen LogP contribution in [0.4, 0.5) is 15.8 Å². The lowest BCUT2D eigenvalue weighted by Gasteiger charge is -2.25. The Balaban J connectivity index is 1.26. The molecule has 2 N–H and O–H groups in total. The van der Waals surface area contributed by atoms with E-state index in [1.807, 2.05) is 24.3 Å². The molecule has 0 spiro atoms. The summed E-state index contributed by atoms with van der Waals surface area (Å²) < 4.78 is 13.9. The molecular weight excluding hydrogens is 493 g/mol. The topological polar surface area (TPSA) is 103 Å². The monoisotopic (exact) mass is 521 g/mol. The molecule has 0 radical (unpaired) electrons. The number of nitrogens with zero attached hydrogens (tertiary/aromatic N) is 3. The maximum absolute atomic E-state index is 13.9. The summed E-state index contributed by atoms with van der Waals surface area (Å²) in [5.74, 6) is -0.859. The van der Waals surface area contributed by atoms with Gasteiger partial charge in [0.1, 0.15) is 17.7 Å². The molecule has 0 saturated heterocycles. The van der Waals surface area contributed by atoms with Gasteiger partial charge in [0.2, 0.25) is 11.8 Å². The summed E-state index contributed by atoms with van der Waals surface area (Å²) in [5.41, 5.74) is 1.47. The number of rotatable bonds is 7. The lowest BCUT2D eigenvalue weighted by Crippen LogP contribution is -2.42. The van der Waals surface area contributed by atoms with E-state index in [1.165, 1.54) is 23.5 Å². The van der Waals surface area contributed by atoms with Crippen LogP contribution < -0.4 is 10.6 Å². The van der Waals surface area contributed by atoms with E-state index in [0.717, 1.165) is 43.0 Å². The van der Waals surface area contributed by atoms with Crippen molar-refractivity contribution >= 4 is 51.9 Å². The molecule has 0 aromatic heterocycles. The van der Waals surface area contributed by atoms with Crippen molar-refractivity contribution in [3.8, 4) is 0 Å². The molecule has 1 atom stereocenters. The number of hydrogen-bond donors (Lipinski definition) is 2. The third-order valence-corrected chi connectivity index (χ3v) is 7.58. The van der Waals surface area contributed by atoms with Gasteiger partial charge in [-0.05, 0) is 43.5 Å². The Morgan fingerprint density at radius 1 is 1.03 bits per heavy atom. The lowest BCUT2D eigenvalue weighted by molar-refractivity contribution is -0.125. The van der Waals surface area contributed by atoms with E-state index < -0.39 is 17.8 Å². The first-order valence-corrected chi connectivity index (χ1v) is 13.5. The number of thioether (sulfide) groups is 1. The van der Waals surface area contributed by atoms with Gasteiger partial charge in [0.05, 0.1) is 17.1 Å². The minimum Gasteiger partial charge on any atom is -0.353 e. The van der Waals surface area contributed by atoms with E-state index in [1.54, 1.807) is 12.1 Å². The number of fused-ring (bicyclic) bond motifs is 3. The Labute approximate surface area is 218 Å². The quantitative estimate of drug-likeness (QED) is 0.564. The van der Waals surface area contributed by atoms with Crippen LogP contribution in [0.3, 0.4) is 0 Å². The van der Waals surface area contributed by atoms with Gasteiger partial charge in [-0.1, -0.05) is 55.3 Å². The largest absolute Gasteiger partial charge is 0.353 e. The highest BCUT2D eigenvalue weighted by atomic mass is 32.2. The highest BCUT2D eigenvalue weighted by Gasteiger charge is 2.41. The first-order valence-electron chi connectivity index (χ1n) is 12.6. The molecule has 10 heteroatoms. The number of aliphatic imine (C=N–C) groups is 2. The third-order valence-electron chi connectivity index (χ3n) is 6.64. The van der Waals surface area contributed by atoms with E-state index >= 15 is 0 Å². The summed E-state index contributed by atoms with van der Waals surface area (Å²) in [6.07, 6.45) is 5.99. The second kappa shape index (κ2) is 11.2. The van der Waals surface area contributed by atoms with Crippen molar-refractivity contribution in [2.75, 3.05) is 11.1 Å². The van der Waals surface area contributed by atoms with Gasteiger partial charge in [-0.3, -0.25) is 19.4 Å². The maximum Gasteiger partial charge on any atom is 0.259 e. The van der Waals surface area contributed by atoms with Crippen molar-refractivity contribution in [2.24, 2.45) is 9.98 Å². The van der Waals surface area contributed by atoms with E-state index in [4.69, 9.17) is 0 Å². The minimum absolute atomic E-state index is 0.0572. The van der Waals surface area contributed by atoms with Gasteiger partial charge in [-0.25, -0.2) is 14.3 Å². The highest BCUT2D eigenvalue weighted by molar-refractivity contribution is 8.14. The molecule has 192 valence electrons. The van der Waals surface area contributed by atoms with Gasteiger partial charge in [0, 0.05) is 18.0 Å². The molecule has 0 unspecified atom stereocenters. The normalized spacial score (nSPS) is 19.0. The molecule has 2 aromatic rings. The summed E-state index contributed by atoms with van der Waals surface area (Å²) in [5, 5.41) is 5.97. The molecule has 1 saturated carbocycles. The fourth-order valence-electron chi connectivity index (χ4n) is 4.78. The summed E-state index contributed by atoms with van der Waals surface area (Å²) >= 11 is 1.08. The van der Waals surface area contributed by atoms with Gasteiger partial charge in [-0.2, -0.15) is 0 Å². The van der Waals surface area contributed by atoms with Gasteiger partial charge >= 0.3 is 0 Å². The highest BCUT2D eigenvalue weighted by Crippen LogP contribution is 2.34. The number of nitrogens with one attached hydrogen (secondary N) is 2. The van der Waals surface area contributed by atoms with Crippen LogP contribution in [0.15, 0.2) is 58.5 Å². The third kappa shape index (κ3) is 5.74. The molecule has 37 heavy (non-hydrogen) atoms. The Kier molecular flexibility index (Phi) is 7.64. The predicted molar refractivity (Wildman–Crippen MR) is 142 cm³/mol. The Bertz CT molecular complexity index is 1270. The first kappa shape index (κ1) is 25.1. The number of para-hydroxylation sites is 2. The number of amidine groups is 2. The van der Waals surface area contributed by atoms with Crippen LogP contribution in [0, 0.1) is 5.82 Å². The fraction of sp³-hybridized carbons (Fsp3) is 0.370. The number of anilines is 1. The second-order valence-corrected chi connectivity index (χ2v) is 10.3. The van der Waals surface area contributed by atoms with Crippen LogP contribution in [-0.2, 0) is 14.4 Å². The van der Waals surface area contributed by atoms with E-state index in [2.05, 4.69) is 20.6 Å². The van der Waals surface area contributed by atoms with Gasteiger partial charge in [-0.15, -0.1) is 0 Å². The molecular formula is C27H28FN5O3S. The van der Waals surface area contributed by atoms with Gasteiger partial charge in [0.15, 0.2) is 5.17 Å². The van der Waals surface area contributed by atoms with Crippen LogP contribution in [0.1, 0.15) is 50.5 Å². The predicted octanol–water partition coefficient (Wildman–Crippen LogP) is 4.39. The zero-order valence-corrected chi connectivity index (χ0v) is 21.1. The van der Waals surface area contributed by atoms with Crippen molar-refractivity contribution in [1.29, 1.82) is 0 Å². The molecule has 8 nitrogen and oxygen atoms in total. The average molecular weight is 522 g/mol.